The molecule has 0 aliphatic rings. The lowest BCUT2D eigenvalue weighted by Gasteiger charge is -2.06. The van der Waals surface area contributed by atoms with Gasteiger partial charge in [-0.2, -0.15) is 0 Å². The molecule has 0 spiro atoms. The maximum atomic E-state index is 12.7. The number of rotatable bonds is 7. The number of ether oxygens (including phenoxy) is 1. The van der Waals surface area contributed by atoms with Crippen molar-refractivity contribution in [2.45, 2.75) is 33.6 Å². The third-order valence-electron chi connectivity index (χ3n) is 5.64. The van der Waals surface area contributed by atoms with Crippen LogP contribution in [-0.4, -0.2) is 29.8 Å². The van der Waals surface area contributed by atoms with Crippen molar-refractivity contribution in [1.29, 1.82) is 0 Å². The van der Waals surface area contributed by atoms with Crippen molar-refractivity contribution >= 4 is 45.1 Å². The van der Waals surface area contributed by atoms with Crippen LogP contribution in [0.1, 0.15) is 50.4 Å². The number of aromatic nitrogens is 1. The van der Waals surface area contributed by atoms with Crippen molar-refractivity contribution in [2.24, 2.45) is 0 Å². The summed E-state index contributed by atoms with van der Waals surface area (Å²) in [7, 11) is 1.29. The minimum Gasteiger partial charge on any atom is -0.465 e. The normalized spacial score (nSPS) is 10.9. The van der Waals surface area contributed by atoms with E-state index in [1.807, 2.05) is 50.2 Å². The van der Waals surface area contributed by atoms with Gasteiger partial charge in [0, 0.05) is 18.4 Å². The van der Waals surface area contributed by atoms with E-state index in [2.05, 4.69) is 10.3 Å². The zero-order valence-corrected chi connectivity index (χ0v) is 20.2. The molecule has 4 aromatic rings. The molecule has 0 aliphatic heterocycles. The predicted octanol–water partition coefficient (Wildman–Crippen LogP) is 5.87. The molecule has 0 atom stereocenters. The number of para-hydroxylation sites is 1. The Morgan fingerprint density at radius 3 is 2.50 bits per heavy atom. The standard InChI is InChI=1S/C26H24N2O5S/c1-14-9-10-17(13-15(14)2)19(29)11-12-21(30)28-24-23(22(16(3)33-24)26(31)32-4)25-27-18-7-5-6-8-20(18)34-25/h5-10,13H,11-12H2,1-4H3,(H,28,30). The zero-order valence-electron chi connectivity index (χ0n) is 19.4. The molecular weight excluding hydrogens is 452 g/mol. The van der Waals surface area contributed by atoms with Crippen LogP contribution >= 0.6 is 11.3 Å². The molecule has 2 aromatic carbocycles. The van der Waals surface area contributed by atoms with Gasteiger partial charge in [0.15, 0.2) is 5.78 Å². The van der Waals surface area contributed by atoms with E-state index in [4.69, 9.17) is 9.15 Å². The molecule has 8 heteroatoms. The van der Waals surface area contributed by atoms with Crippen molar-refractivity contribution < 1.29 is 23.5 Å². The van der Waals surface area contributed by atoms with E-state index in [0.717, 1.165) is 21.3 Å². The molecule has 0 radical (unpaired) electrons. The molecule has 2 aromatic heterocycles. The lowest BCUT2D eigenvalue weighted by atomic mass is 10.0. The molecular formula is C26H24N2O5S. The summed E-state index contributed by atoms with van der Waals surface area (Å²) in [5.41, 5.74) is 4.06. The van der Waals surface area contributed by atoms with Crippen LogP contribution in [0.4, 0.5) is 5.88 Å². The number of benzene rings is 2. The van der Waals surface area contributed by atoms with Gasteiger partial charge >= 0.3 is 5.97 Å². The smallest absolute Gasteiger partial charge is 0.342 e. The first-order chi connectivity index (χ1) is 16.3. The third-order valence-corrected chi connectivity index (χ3v) is 6.70. The van der Waals surface area contributed by atoms with Gasteiger partial charge in [0.1, 0.15) is 16.3 Å². The van der Waals surface area contributed by atoms with Gasteiger partial charge in [0.05, 0.1) is 22.9 Å². The number of hydrogen-bond acceptors (Lipinski definition) is 7. The summed E-state index contributed by atoms with van der Waals surface area (Å²) >= 11 is 1.38. The number of thiazole rings is 1. The van der Waals surface area contributed by atoms with Crippen molar-refractivity contribution in [3.8, 4) is 10.6 Å². The number of esters is 1. The van der Waals surface area contributed by atoms with E-state index in [0.29, 0.717) is 21.9 Å². The molecule has 0 aliphatic carbocycles. The minimum absolute atomic E-state index is 0.0294. The highest BCUT2D eigenvalue weighted by Gasteiger charge is 2.28. The van der Waals surface area contributed by atoms with Gasteiger partial charge in [0.25, 0.3) is 0 Å². The fourth-order valence-corrected chi connectivity index (χ4v) is 4.65. The lowest BCUT2D eigenvalue weighted by Crippen LogP contribution is -2.14. The first-order valence-electron chi connectivity index (χ1n) is 10.8. The first kappa shape index (κ1) is 23.4. The lowest BCUT2D eigenvalue weighted by molar-refractivity contribution is -0.116. The predicted molar refractivity (Wildman–Crippen MR) is 132 cm³/mol. The molecule has 0 fully saturated rings. The van der Waals surface area contributed by atoms with E-state index in [9.17, 15) is 14.4 Å². The number of aryl methyl sites for hydroxylation is 3. The topological polar surface area (TPSA) is 98.5 Å². The summed E-state index contributed by atoms with van der Waals surface area (Å²) in [5, 5.41) is 3.25. The third kappa shape index (κ3) is 4.63. The Bertz CT molecular complexity index is 1380. The second kappa shape index (κ2) is 9.61. The Balaban J connectivity index is 1.58. The number of carbonyl (C=O) groups excluding carboxylic acids is 3. The van der Waals surface area contributed by atoms with Crippen molar-refractivity contribution in [3.63, 3.8) is 0 Å². The Morgan fingerprint density at radius 1 is 1.03 bits per heavy atom. The molecule has 0 saturated carbocycles. The number of ketones is 1. The Hall–Kier alpha value is -3.78. The van der Waals surface area contributed by atoms with Crippen LogP contribution in [0.2, 0.25) is 0 Å². The monoisotopic (exact) mass is 476 g/mol. The number of nitrogens with zero attached hydrogens (tertiary/aromatic N) is 1. The Labute approximate surface area is 200 Å². The molecule has 0 bridgehead atoms. The van der Waals surface area contributed by atoms with Gasteiger partial charge in [-0.3, -0.25) is 14.9 Å². The fourth-order valence-electron chi connectivity index (χ4n) is 3.64. The SMILES string of the molecule is COC(=O)c1c(C)oc(NC(=O)CCC(=O)c2ccc(C)c(C)c2)c1-c1nc2ccccc2s1. The molecule has 2 heterocycles. The number of amides is 1. The highest BCUT2D eigenvalue weighted by atomic mass is 32.1. The van der Waals surface area contributed by atoms with E-state index in [-0.39, 0.29) is 30.1 Å². The van der Waals surface area contributed by atoms with Crippen LogP contribution in [0.3, 0.4) is 0 Å². The van der Waals surface area contributed by atoms with Gasteiger partial charge < -0.3 is 9.15 Å². The summed E-state index contributed by atoms with van der Waals surface area (Å²) in [6.07, 6.45) is 0.0205. The van der Waals surface area contributed by atoms with Gasteiger partial charge in [-0.1, -0.05) is 24.3 Å². The number of furan rings is 1. The number of anilines is 1. The quantitative estimate of drug-likeness (QED) is 0.265. The van der Waals surface area contributed by atoms with Crippen molar-refractivity contribution in [1.82, 2.24) is 4.98 Å². The molecule has 4 rings (SSSR count). The average molecular weight is 477 g/mol. The zero-order chi connectivity index (χ0) is 24.4. The van der Waals surface area contributed by atoms with Gasteiger partial charge in [-0.15, -0.1) is 11.3 Å². The Morgan fingerprint density at radius 2 is 1.79 bits per heavy atom. The average Bonchev–Trinajstić information content (AvgIpc) is 3.38. The minimum atomic E-state index is -0.582. The fraction of sp³-hybridized carbons (Fsp3) is 0.231. The van der Waals surface area contributed by atoms with Crippen molar-refractivity contribution in [3.05, 3.63) is 70.5 Å². The number of nitrogens with one attached hydrogen (secondary N) is 1. The maximum Gasteiger partial charge on any atom is 0.342 e. The molecule has 1 amide bonds. The number of fused-ring (bicyclic) bond motifs is 1. The van der Waals surface area contributed by atoms with E-state index >= 15 is 0 Å². The van der Waals surface area contributed by atoms with Crippen LogP contribution in [0, 0.1) is 20.8 Å². The summed E-state index contributed by atoms with van der Waals surface area (Å²) in [6.45, 7) is 5.55. The van der Waals surface area contributed by atoms with Crippen LogP contribution < -0.4 is 5.32 Å². The number of Topliss-reactive ketones (excluding diaryl/α,β-unsaturated/α-hetero) is 1. The van der Waals surface area contributed by atoms with Gasteiger partial charge in [0.2, 0.25) is 11.8 Å². The van der Waals surface area contributed by atoms with E-state index in [1.54, 1.807) is 13.0 Å². The first-order valence-corrected chi connectivity index (χ1v) is 11.6. The Kier molecular flexibility index (Phi) is 6.61. The molecule has 1 N–H and O–H groups in total. The van der Waals surface area contributed by atoms with Gasteiger partial charge in [-0.05, 0) is 50.1 Å². The van der Waals surface area contributed by atoms with Crippen LogP contribution in [0.15, 0.2) is 46.9 Å². The maximum absolute atomic E-state index is 12.7. The highest BCUT2D eigenvalue weighted by molar-refractivity contribution is 7.21. The van der Waals surface area contributed by atoms with Crippen molar-refractivity contribution in [2.75, 3.05) is 12.4 Å². The van der Waals surface area contributed by atoms with Crippen LogP contribution in [-0.2, 0) is 9.53 Å². The molecule has 7 nitrogen and oxygen atoms in total. The number of methoxy groups -OCH3 is 1. The molecule has 0 saturated heterocycles. The van der Waals surface area contributed by atoms with E-state index < -0.39 is 11.9 Å². The second-order valence-corrected chi connectivity index (χ2v) is 9.02. The summed E-state index contributed by atoms with van der Waals surface area (Å²) in [5.74, 6) is -0.677. The second-order valence-electron chi connectivity index (χ2n) is 7.99. The summed E-state index contributed by atoms with van der Waals surface area (Å²) in [4.78, 5) is 42.4. The van der Waals surface area contributed by atoms with Crippen LogP contribution in [0.5, 0.6) is 0 Å². The largest absolute Gasteiger partial charge is 0.465 e. The van der Waals surface area contributed by atoms with E-state index in [1.165, 1.54) is 18.4 Å². The highest BCUT2D eigenvalue weighted by Crippen LogP contribution is 2.40. The summed E-state index contributed by atoms with van der Waals surface area (Å²) in [6, 6.07) is 13.1. The van der Waals surface area contributed by atoms with Gasteiger partial charge in [-0.25, -0.2) is 9.78 Å². The number of hydrogen-bond donors (Lipinski definition) is 1. The molecule has 34 heavy (non-hydrogen) atoms. The molecule has 174 valence electrons. The number of carbonyl (C=O) groups is 3. The van der Waals surface area contributed by atoms with Crippen LogP contribution in [0.25, 0.3) is 20.8 Å². The summed E-state index contributed by atoms with van der Waals surface area (Å²) < 4.78 is 11.6. The molecule has 0 unspecified atom stereocenters.